The maximum atomic E-state index is 13.3. The van der Waals surface area contributed by atoms with Crippen molar-refractivity contribution in [2.24, 2.45) is 0 Å². The van der Waals surface area contributed by atoms with Crippen LogP contribution in [0.25, 0.3) is 11.1 Å². The van der Waals surface area contributed by atoms with Crippen LogP contribution >= 0.6 is 0 Å². The molecule has 3 aromatic carbocycles. The number of aryl methyl sites for hydroxylation is 3. The Hall–Kier alpha value is -3.12. The Morgan fingerprint density at radius 1 is 0.897 bits per heavy atom. The van der Waals surface area contributed by atoms with Crippen LogP contribution in [0, 0.1) is 20.8 Å². The Bertz CT molecular complexity index is 1210. The number of para-hydroxylation sites is 1. The first kappa shape index (κ1) is 19.2. The molecule has 3 aromatic rings. The Morgan fingerprint density at radius 3 is 2.17 bits per heavy atom. The number of nitrogens with one attached hydrogen (secondary N) is 1. The number of rotatable bonds is 3. The molecular formula is C23H22N2O3S. The van der Waals surface area contributed by atoms with Crippen LogP contribution in [0.3, 0.4) is 0 Å². The second-order valence-electron chi connectivity index (χ2n) is 7.35. The normalized spacial score (nSPS) is 14.1. The van der Waals surface area contributed by atoms with E-state index in [1.165, 1.54) is 4.31 Å². The molecule has 0 fully saturated rings. The highest BCUT2D eigenvalue weighted by Crippen LogP contribution is 2.42. The number of nitrogens with zero attached hydrogens (tertiary/aromatic N) is 1. The first-order valence-corrected chi connectivity index (χ1v) is 10.8. The molecular weight excluding hydrogens is 384 g/mol. The summed E-state index contributed by atoms with van der Waals surface area (Å²) in [4.78, 5) is 13.1. The lowest BCUT2D eigenvalue weighted by Gasteiger charge is -2.31. The van der Waals surface area contributed by atoms with Crippen molar-refractivity contribution in [2.75, 3.05) is 16.2 Å². The van der Waals surface area contributed by atoms with Gasteiger partial charge in [0, 0.05) is 16.8 Å². The highest BCUT2D eigenvalue weighted by atomic mass is 32.2. The van der Waals surface area contributed by atoms with Crippen LogP contribution in [0.1, 0.15) is 16.7 Å². The fraction of sp³-hybridized carbons (Fsp3) is 0.174. The average Bonchev–Trinajstić information content (AvgIpc) is 2.68. The number of amides is 1. The molecule has 0 bridgehead atoms. The highest BCUT2D eigenvalue weighted by molar-refractivity contribution is 7.93. The van der Waals surface area contributed by atoms with Gasteiger partial charge in [-0.2, -0.15) is 0 Å². The number of sulfonamides is 1. The molecule has 0 radical (unpaired) electrons. The van der Waals surface area contributed by atoms with Crippen LogP contribution in [-0.4, -0.2) is 20.9 Å². The van der Waals surface area contributed by atoms with Crippen LogP contribution in [0.2, 0.25) is 0 Å². The van der Waals surface area contributed by atoms with Gasteiger partial charge in [0.05, 0.1) is 10.6 Å². The summed E-state index contributed by atoms with van der Waals surface area (Å²) in [7, 11) is -3.84. The van der Waals surface area contributed by atoms with Gasteiger partial charge in [-0.3, -0.25) is 9.10 Å². The minimum Gasteiger partial charge on any atom is -0.324 e. The minimum atomic E-state index is -3.84. The molecule has 5 nitrogen and oxygen atoms in total. The molecule has 1 aliphatic heterocycles. The largest absolute Gasteiger partial charge is 0.324 e. The number of anilines is 2. The van der Waals surface area contributed by atoms with E-state index < -0.39 is 10.0 Å². The molecule has 1 N–H and O–H groups in total. The molecule has 0 unspecified atom stereocenters. The number of benzene rings is 3. The van der Waals surface area contributed by atoms with Gasteiger partial charge in [-0.05, 0) is 44.0 Å². The molecule has 29 heavy (non-hydrogen) atoms. The number of fused-ring (bicyclic) bond motifs is 3. The Balaban J connectivity index is 1.71. The lowest BCUT2D eigenvalue weighted by molar-refractivity contribution is -0.114. The van der Waals surface area contributed by atoms with E-state index in [9.17, 15) is 13.2 Å². The zero-order valence-corrected chi connectivity index (χ0v) is 17.4. The second-order valence-corrected chi connectivity index (χ2v) is 9.18. The van der Waals surface area contributed by atoms with Crippen molar-refractivity contribution in [3.8, 4) is 11.1 Å². The van der Waals surface area contributed by atoms with Gasteiger partial charge in [0.2, 0.25) is 5.91 Å². The third-order valence-corrected chi connectivity index (χ3v) is 6.96. The lowest BCUT2D eigenvalue weighted by atomic mass is 10.0. The van der Waals surface area contributed by atoms with Crippen LogP contribution in [0.4, 0.5) is 11.4 Å². The predicted octanol–water partition coefficient (Wildman–Crippen LogP) is 4.43. The van der Waals surface area contributed by atoms with Crippen molar-refractivity contribution in [3.05, 3.63) is 77.4 Å². The first-order valence-electron chi connectivity index (χ1n) is 9.38. The number of hydrogen-bond donors (Lipinski definition) is 1. The van der Waals surface area contributed by atoms with E-state index in [4.69, 9.17) is 0 Å². The number of carbonyl (C=O) groups excluding carboxylic acids is 1. The van der Waals surface area contributed by atoms with Crippen molar-refractivity contribution in [2.45, 2.75) is 25.7 Å². The van der Waals surface area contributed by atoms with Gasteiger partial charge in [0.1, 0.15) is 6.54 Å². The summed E-state index contributed by atoms with van der Waals surface area (Å²) >= 11 is 0. The van der Waals surface area contributed by atoms with Gasteiger partial charge in [-0.1, -0.05) is 54.1 Å². The average molecular weight is 407 g/mol. The van der Waals surface area contributed by atoms with Gasteiger partial charge in [0.15, 0.2) is 0 Å². The molecule has 0 saturated heterocycles. The van der Waals surface area contributed by atoms with Crippen LogP contribution in [0.15, 0.2) is 65.6 Å². The van der Waals surface area contributed by atoms with E-state index >= 15 is 0 Å². The van der Waals surface area contributed by atoms with Crippen molar-refractivity contribution in [3.63, 3.8) is 0 Å². The summed E-state index contributed by atoms with van der Waals surface area (Å²) in [6, 6.07) is 18.1. The lowest BCUT2D eigenvalue weighted by Crippen LogP contribution is -2.40. The van der Waals surface area contributed by atoms with Crippen LogP contribution in [0.5, 0.6) is 0 Å². The van der Waals surface area contributed by atoms with Gasteiger partial charge in [-0.25, -0.2) is 8.42 Å². The predicted molar refractivity (Wildman–Crippen MR) is 116 cm³/mol. The number of carbonyl (C=O) groups is 1. The molecule has 1 amide bonds. The van der Waals surface area contributed by atoms with E-state index in [-0.39, 0.29) is 17.3 Å². The quantitative estimate of drug-likeness (QED) is 0.700. The van der Waals surface area contributed by atoms with E-state index in [2.05, 4.69) is 5.32 Å². The Labute approximate surface area is 171 Å². The van der Waals surface area contributed by atoms with Crippen LogP contribution in [-0.2, 0) is 14.8 Å². The van der Waals surface area contributed by atoms with Gasteiger partial charge in [-0.15, -0.1) is 0 Å². The monoisotopic (exact) mass is 406 g/mol. The fourth-order valence-corrected chi connectivity index (χ4v) is 5.59. The van der Waals surface area contributed by atoms with E-state index in [1.54, 1.807) is 30.3 Å². The van der Waals surface area contributed by atoms with Crippen molar-refractivity contribution >= 4 is 27.3 Å². The molecule has 0 saturated carbocycles. The molecule has 0 atom stereocenters. The van der Waals surface area contributed by atoms with E-state index in [1.807, 2.05) is 51.1 Å². The molecule has 0 aliphatic carbocycles. The molecule has 0 spiro atoms. The smallest absolute Gasteiger partial charge is 0.265 e. The summed E-state index contributed by atoms with van der Waals surface area (Å²) in [6.07, 6.45) is 0. The maximum absolute atomic E-state index is 13.3. The Kier molecular flexibility index (Phi) is 4.67. The van der Waals surface area contributed by atoms with Crippen molar-refractivity contribution < 1.29 is 13.2 Å². The summed E-state index contributed by atoms with van der Waals surface area (Å²) in [5.41, 5.74) is 5.70. The highest BCUT2D eigenvalue weighted by Gasteiger charge is 2.35. The van der Waals surface area contributed by atoms with Gasteiger partial charge < -0.3 is 5.32 Å². The van der Waals surface area contributed by atoms with Gasteiger partial charge >= 0.3 is 0 Å². The van der Waals surface area contributed by atoms with Crippen molar-refractivity contribution in [1.29, 1.82) is 0 Å². The third kappa shape index (κ3) is 3.29. The second kappa shape index (κ2) is 7.04. The fourth-order valence-electron chi connectivity index (χ4n) is 3.94. The molecule has 0 aromatic heterocycles. The number of hydrogen-bond acceptors (Lipinski definition) is 3. The van der Waals surface area contributed by atoms with Crippen molar-refractivity contribution in [1.82, 2.24) is 0 Å². The maximum Gasteiger partial charge on any atom is 0.265 e. The summed E-state index contributed by atoms with van der Waals surface area (Å²) < 4.78 is 27.8. The summed E-state index contributed by atoms with van der Waals surface area (Å²) in [6.45, 7) is 5.57. The van der Waals surface area contributed by atoms with Gasteiger partial charge in [0.25, 0.3) is 10.0 Å². The molecule has 1 aliphatic rings. The Morgan fingerprint density at radius 2 is 1.48 bits per heavy atom. The SMILES string of the molecule is Cc1cc(C)c(NC(=O)CN2c3ccccc3-c3ccccc3S2(=O)=O)c(C)c1. The molecule has 1 heterocycles. The van der Waals surface area contributed by atoms with E-state index in [0.717, 1.165) is 27.9 Å². The minimum absolute atomic E-state index is 0.217. The third-order valence-electron chi connectivity index (χ3n) is 5.15. The van der Waals surface area contributed by atoms with E-state index in [0.29, 0.717) is 11.3 Å². The molecule has 6 heteroatoms. The zero-order chi connectivity index (χ0) is 20.8. The topological polar surface area (TPSA) is 66.5 Å². The molecule has 148 valence electrons. The standard InChI is InChI=1S/C23H22N2O3S/c1-15-12-16(2)23(17(3)13-15)24-22(26)14-25-20-10-6-4-8-18(20)19-9-5-7-11-21(19)29(25,27)28/h4-13H,14H2,1-3H3,(H,24,26). The summed E-state index contributed by atoms with van der Waals surface area (Å²) in [5, 5.41) is 2.90. The first-order chi connectivity index (χ1) is 13.8. The summed E-state index contributed by atoms with van der Waals surface area (Å²) in [5.74, 6) is -0.377. The zero-order valence-electron chi connectivity index (χ0n) is 16.6. The van der Waals surface area contributed by atoms with Crippen LogP contribution < -0.4 is 9.62 Å². The molecule has 4 rings (SSSR count).